The summed E-state index contributed by atoms with van der Waals surface area (Å²) < 4.78 is 10.5. The van der Waals surface area contributed by atoms with Gasteiger partial charge in [0, 0.05) is 17.5 Å². The van der Waals surface area contributed by atoms with Crippen molar-refractivity contribution in [2.75, 3.05) is 6.54 Å². The second-order valence-corrected chi connectivity index (χ2v) is 6.20. The van der Waals surface area contributed by atoms with Crippen LogP contribution in [0.3, 0.4) is 0 Å². The molecule has 0 aliphatic carbocycles. The zero-order valence-electron chi connectivity index (χ0n) is 11.8. The molecule has 1 aliphatic heterocycles. The van der Waals surface area contributed by atoms with Gasteiger partial charge in [-0.15, -0.1) is 11.3 Å². The molecule has 5 nitrogen and oxygen atoms in total. The number of likely N-dealkylation sites (tertiary alicyclic amines) is 1. The Labute approximate surface area is 131 Å². The quantitative estimate of drug-likeness (QED) is 0.734. The van der Waals surface area contributed by atoms with Crippen LogP contribution in [0.25, 0.3) is 11.5 Å². The molecule has 0 aromatic carbocycles. The molecule has 112 valence electrons. The Balaban J connectivity index is 1.59. The van der Waals surface area contributed by atoms with E-state index in [0.29, 0.717) is 17.2 Å². The summed E-state index contributed by atoms with van der Waals surface area (Å²) >= 11 is 1.69. The molecule has 3 aromatic rings. The van der Waals surface area contributed by atoms with E-state index in [2.05, 4.69) is 11.2 Å². The van der Waals surface area contributed by atoms with Crippen molar-refractivity contribution in [2.45, 2.75) is 18.9 Å². The Morgan fingerprint density at radius 2 is 2.27 bits per heavy atom. The van der Waals surface area contributed by atoms with Gasteiger partial charge in [0.1, 0.15) is 0 Å². The molecular formula is C16H14N2O3S. The van der Waals surface area contributed by atoms with Crippen LogP contribution in [0.2, 0.25) is 0 Å². The summed E-state index contributed by atoms with van der Waals surface area (Å²) in [5, 5.41) is 5.95. The van der Waals surface area contributed by atoms with Gasteiger partial charge < -0.3 is 13.8 Å². The van der Waals surface area contributed by atoms with Gasteiger partial charge in [-0.3, -0.25) is 4.79 Å². The van der Waals surface area contributed by atoms with Crippen LogP contribution in [0.1, 0.15) is 34.2 Å². The maximum atomic E-state index is 12.7. The molecule has 4 heterocycles. The van der Waals surface area contributed by atoms with Crippen LogP contribution in [-0.4, -0.2) is 22.5 Å². The summed E-state index contributed by atoms with van der Waals surface area (Å²) in [5.41, 5.74) is 0.329. The van der Waals surface area contributed by atoms with Crippen molar-refractivity contribution < 1.29 is 13.7 Å². The summed E-state index contributed by atoms with van der Waals surface area (Å²) in [4.78, 5) is 15.8. The third kappa shape index (κ3) is 2.25. The Kier molecular flexibility index (Phi) is 3.31. The standard InChI is InChI=1S/C16H14N2O3S/c19-16(11-10-14(21-17-11)13-5-2-8-20-13)18-7-1-4-12(18)15-6-3-9-22-15/h2-3,5-6,8-10,12H,1,4,7H2/t12-/m1/s1. The molecule has 1 amide bonds. The number of amides is 1. The van der Waals surface area contributed by atoms with Crippen LogP contribution < -0.4 is 0 Å². The monoisotopic (exact) mass is 314 g/mol. The van der Waals surface area contributed by atoms with Gasteiger partial charge in [-0.25, -0.2) is 0 Å². The van der Waals surface area contributed by atoms with Crippen LogP contribution in [0.4, 0.5) is 0 Å². The first kappa shape index (κ1) is 13.3. The minimum absolute atomic E-state index is 0.0857. The first-order chi connectivity index (χ1) is 10.8. The van der Waals surface area contributed by atoms with E-state index >= 15 is 0 Å². The van der Waals surface area contributed by atoms with Crippen LogP contribution in [0, 0.1) is 0 Å². The third-order valence-corrected chi connectivity index (χ3v) is 4.85. The molecule has 0 unspecified atom stereocenters. The molecule has 1 atom stereocenters. The van der Waals surface area contributed by atoms with E-state index in [1.165, 1.54) is 4.88 Å². The van der Waals surface area contributed by atoms with E-state index in [9.17, 15) is 4.79 Å². The molecule has 1 aliphatic rings. The number of furan rings is 1. The van der Waals surface area contributed by atoms with Gasteiger partial charge in [0.2, 0.25) is 5.76 Å². The van der Waals surface area contributed by atoms with Gasteiger partial charge in [-0.05, 0) is 36.4 Å². The fourth-order valence-electron chi connectivity index (χ4n) is 2.84. The van der Waals surface area contributed by atoms with Crippen molar-refractivity contribution in [3.8, 4) is 11.5 Å². The van der Waals surface area contributed by atoms with Gasteiger partial charge in [-0.1, -0.05) is 11.2 Å². The topological polar surface area (TPSA) is 59.5 Å². The predicted molar refractivity (Wildman–Crippen MR) is 81.5 cm³/mol. The lowest BCUT2D eigenvalue weighted by atomic mass is 10.2. The van der Waals surface area contributed by atoms with Crippen molar-refractivity contribution in [3.63, 3.8) is 0 Å². The van der Waals surface area contributed by atoms with Crippen LogP contribution >= 0.6 is 11.3 Å². The second-order valence-electron chi connectivity index (χ2n) is 5.23. The molecule has 0 bridgehead atoms. The maximum absolute atomic E-state index is 12.7. The highest BCUT2D eigenvalue weighted by molar-refractivity contribution is 7.10. The van der Waals surface area contributed by atoms with E-state index in [4.69, 9.17) is 8.94 Å². The number of hydrogen-bond acceptors (Lipinski definition) is 5. The molecular weight excluding hydrogens is 300 g/mol. The first-order valence-corrected chi connectivity index (χ1v) is 8.06. The molecule has 0 spiro atoms. The largest absolute Gasteiger partial charge is 0.461 e. The normalized spacial score (nSPS) is 18.0. The van der Waals surface area contributed by atoms with Gasteiger partial charge in [0.25, 0.3) is 5.91 Å². The van der Waals surface area contributed by atoms with Gasteiger partial charge in [0.05, 0.1) is 12.3 Å². The van der Waals surface area contributed by atoms with Crippen molar-refractivity contribution in [2.24, 2.45) is 0 Å². The van der Waals surface area contributed by atoms with Gasteiger partial charge in [0.15, 0.2) is 11.5 Å². The highest BCUT2D eigenvalue weighted by Gasteiger charge is 2.32. The number of carbonyl (C=O) groups is 1. The number of rotatable bonds is 3. The highest BCUT2D eigenvalue weighted by atomic mass is 32.1. The Morgan fingerprint density at radius 3 is 3.05 bits per heavy atom. The molecule has 4 rings (SSSR count). The van der Waals surface area contributed by atoms with Gasteiger partial charge >= 0.3 is 0 Å². The summed E-state index contributed by atoms with van der Waals surface area (Å²) in [6.45, 7) is 0.754. The van der Waals surface area contributed by atoms with Crippen molar-refractivity contribution in [1.82, 2.24) is 10.1 Å². The Morgan fingerprint density at radius 1 is 1.32 bits per heavy atom. The summed E-state index contributed by atoms with van der Waals surface area (Å²) in [5.74, 6) is 0.959. The molecule has 22 heavy (non-hydrogen) atoms. The summed E-state index contributed by atoms with van der Waals surface area (Å²) in [6.07, 6.45) is 3.57. The summed E-state index contributed by atoms with van der Waals surface area (Å²) in [7, 11) is 0. The highest BCUT2D eigenvalue weighted by Crippen LogP contribution is 2.35. The van der Waals surface area contributed by atoms with E-state index < -0.39 is 0 Å². The Hall–Kier alpha value is -2.34. The summed E-state index contributed by atoms with van der Waals surface area (Å²) in [6, 6.07) is 9.44. The fraction of sp³-hybridized carbons (Fsp3) is 0.250. The van der Waals surface area contributed by atoms with Gasteiger partial charge in [-0.2, -0.15) is 0 Å². The number of aromatic nitrogens is 1. The zero-order valence-corrected chi connectivity index (χ0v) is 12.6. The van der Waals surface area contributed by atoms with E-state index in [-0.39, 0.29) is 11.9 Å². The van der Waals surface area contributed by atoms with Crippen LogP contribution in [0.5, 0.6) is 0 Å². The average molecular weight is 314 g/mol. The number of thiophene rings is 1. The van der Waals surface area contributed by atoms with E-state index in [1.54, 1.807) is 35.8 Å². The van der Waals surface area contributed by atoms with E-state index in [0.717, 1.165) is 19.4 Å². The molecule has 0 N–H and O–H groups in total. The molecule has 0 radical (unpaired) electrons. The maximum Gasteiger partial charge on any atom is 0.276 e. The number of carbonyl (C=O) groups excluding carboxylic acids is 1. The lowest BCUT2D eigenvalue weighted by molar-refractivity contribution is 0.0727. The first-order valence-electron chi connectivity index (χ1n) is 7.18. The van der Waals surface area contributed by atoms with Crippen LogP contribution in [0.15, 0.2) is 50.9 Å². The van der Waals surface area contributed by atoms with E-state index in [1.807, 2.05) is 16.3 Å². The number of hydrogen-bond donors (Lipinski definition) is 0. The lowest BCUT2D eigenvalue weighted by Gasteiger charge is -2.22. The minimum atomic E-state index is -0.0857. The molecule has 0 saturated carbocycles. The van der Waals surface area contributed by atoms with Crippen molar-refractivity contribution in [3.05, 3.63) is 52.5 Å². The second kappa shape index (κ2) is 5.46. The SMILES string of the molecule is O=C(c1cc(-c2ccco2)on1)N1CCC[C@@H]1c1cccs1. The lowest BCUT2D eigenvalue weighted by Crippen LogP contribution is -2.30. The number of nitrogens with zero attached hydrogens (tertiary/aromatic N) is 2. The zero-order chi connectivity index (χ0) is 14.9. The minimum Gasteiger partial charge on any atom is -0.461 e. The van der Waals surface area contributed by atoms with Crippen molar-refractivity contribution in [1.29, 1.82) is 0 Å². The molecule has 3 aromatic heterocycles. The predicted octanol–water partition coefficient (Wildman–Crippen LogP) is 3.97. The molecule has 1 saturated heterocycles. The third-order valence-electron chi connectivity index (χ3n) is 3.88. The van der Waals surface area contributed by atoms with Crippen molar-refractivity contribution >= 4 is 17.2 Å². The fourth-order valence-corrected chi connectivity index (χ4v) is 3.72. The molecule has 6 heteroatoms. The average Bonchev–Trinajstić information content (AvgIpc) is 3.35. The molecule has 1 fully saturated rings. The smallest absolute Gasteiger partial charge is 0.276 e. The van der Waals surface area contributed by atoms with Crippen LogP contribution in [-0.2, 0) is 0 Å². The Bertz CT molecular complexity index is 761.